The summed E-state index contributed by atoms with van der Waals surface area (Å²) in [6.45, 7) is 4.48. The molecule has 0 fully saturated rings. The second kappa shape index (κ2) is 36.1. The third-order valence-electron chi connectivity index (χ3n) is 6.89. The van der Waals surface area contributed by atoms with Crippen LogP contribution < -0.4 is 0 Å². The fourth-order valence-corrected chi connectivity index (χ4v) is 4.39. The number of carbonyl (C=O) groups is 2. The van der Waals surface area contributed by atoms with Crippen LogP contribution in [0.25, 0.3) is 0 Å². The minimum absolute atomic E-state index is 0. The summed E-state index contributed by atoms with van der Waals surface area (Å²) >= 11 is 0. The Balaban J connectivity index is 0. The summed E-state index contributed by atoms with van der Waals surface area (Å²) in [6.07, 6.45) is 44.3. The molecule has 40 heavy (non-hydrogen) atoms. The molecule has 0 bridgehead atoms. The monoisotopic (exact) mass is 566 g/mol. The van der Waals surface area contributed by atoms with Crippen LogP contribution in [0.15, 0.2) is 48.6 Å². The zero-order chi connectivity index (χ0) is 28.5. The molecule has 4 heteroatoms. The van der Waals surface area contributed by atoms with E-state index in [-0.39, 0.29) is 41.5 Å². The second-order valence-corrected chi connectivity index (χ2v) is 10.8. The summed E-state index contributed by atoms with van der Waals surface area (Å²) in [5.41, 5.74) is 0. The molecular weight excluding hydrogens is 503 g/mol. The molecule has 0 aliphatic rings. The molecule has 0 aliphatic carbocycles. The van der Waals surface area contributed by atoms with Crippen molar-refractivity contribution in [2.45, 2.75) is 168 Å². The average Bonchev–Trinajstić information content (AvgIpc) is 2.93. The quantitative estimate of drug-likeness (QED) is 0.0311. The van der Waals surface area contributed by atoms with E-state index in [1.54, 1.807) is 0 Å². The van der Waals surface area contributed by atoms with Crippen molar-refractivity contribution in [3.63, 3.8) is 0 Å². The number of allylic oxidation sites excluding steroid dienone is 8. The third kappa shape index (κ3) is 35.1. The maximum atomic E-state index is 11.9. The van der Waals surface area contributed by atoms with Crippen LogP contribution >= 0.6 is 0 Å². The van der Waals surface area contributed by atoms with Crippen LogP contribution in [0.5, 0.6) is 0 Å². The summed E-state index contributed by atoms with van der Waals surface area (Å²) in [5, 5.41) is 0. The van der Waals surface area contributed by atoms with Crippen LogP contribution in [0.2, 0.25) is 0 Å². The molecule has 0 rings (SSSR count). The third-order valence-corrected chi connectivity index (χ3v) is 6.89. The van der Waals surface area contributed by atoms with Gasteiger partial charge >= 0.3 is 41.5 Å². The molecule has 0 heterocycles. The first-order valence-electron chi connectivity index (χ1n) is 16.5. The number of hydrogen-bond acceptors (Lipinski definition) is 3. The molecule has 0 saturated heterocycles. The summed E-state index contributed by atoms with van der Waals surface area (Å²) < 4.78 is 4.98. The van der Waals surface area contributed by atoms with Gasteiger partial charge in [0.05, 0.1) is 0 Å². The first-order chi connectivity index (χ1) is 19.2. The number of esters is 2. The Bertz CT molecular complexity index is 607. The van der Waals surface area contributed by atoms with E-state index in [4.69, 9.17) is 4.74 Å². The van der Waals surface area contributed by atoms with Gasteiger partial charge in [-0.2, -0.15) is 0 Å². The maximum absolute atomic E-state index is 11.9. The molecule has 0 aliphatic heterocycles. The van der Waals surface area contributed by atoms with E-state index in [1.165, 1.54) is 77.0 Å². The number of unbranched alkanes of at least 4 members (excludes halogenated alkanes) is 16. The van der Waals surface area contributed by atoms with Crippen LogP contribution in [0.3, 0.4) is 0 Å². The van der Waals surface area contributed by atoms with Gasteiger partial charge in [-0.05, 0) is 77.0 Å². The van der Waals surface area contributed by atoms with Gasteiger partial charge in [0.1, 0.15) is 0 Å². The van der Waals surface area contributed by atoms with E-state index in [1.807, 2.05) is 0 Å². The summed E-state index contributed by atoms with van der Waals surface area (Å²) in [4.78, 5) is 23.8. The van der Waals surface area contributed by atoms with E-state index in [9.17, 15) is 9.59 Å². The molecule has 0 aromatic heterocycles. The molecule has 0 N–H and O–H groups in total. The molecule has 0 atom stereocenters. The van der Waals surface area contributed by atoms with Crippen molar-refractivity contribution in [1.29, 1.82) is 0 Å². The van der Waals surface area contributed by atoms with Gasteiger partial charge in [-0.15, -0.1) is 0 Å². The molecule has 226 valence electrons. The van der Waals surface area contributed by atoms with E-state index in [2.05, 4.69) is 62.5 Å². The van der Waals surface area contributed by atoms with Crippen molar-refractivity contribution in [1.82, 2.24) is 0 Å². The van der Waals surface area contributed by atoms with Crippen LogP contribution in [0, 0.1) is 0 Å². The molecule has 0 spiro atoms. The number of ether oxygens (including phenoxy) is 1. The van der Waals surface area contributed by atoms with Gasteiger partial charge in [0.2, 0.25) is 0 Å². The molecule has 3 nitrogen and oxygen atoms in total. The Morgan fingerprint density at radius 1 is 0.425 bits per heavy atom. The van der Waals surface area contributed by atoms with Crippen LogP contribution in [-0.2, 0) is 14.3 Å². The van der Waals surface area contributed by atoms with Crippen molar-refractivity contribution < 1.29 is 14.3 Å². The average molecular weight is 567 g/mol. The van der Waals surface area contributed by atoms with Gasteiger partial charge < -0.3 is 4.74 Å². The Hall–Kier alpha value is -0.900. The molecular formula is C36H63NaO3. The minimum atomic E-state index is -0.353. The number of rotatable bonds is 28. The zero-order valence-electron chi connectivity index (χ0n) is 25.8. The summed E-state index contributed by atoms with van der Waals surface area (Å²) in [5.74, 6) is -0.707. The Kier molecular flexibility index (Phi) is 37.2. The summed E-state index contributed by atoms with van der Waals surface area (Å²) in [6, 6.07) is 0. The molecule has 0 aromatic rings. The SMILES string of the molecule is CCCCC/C=C\C/C=C\CCCCCCCC(=O)OC(=O)CCCCCCC/C=C\C/C=C\CCCCC.[NaH]. The fourth-order valence-electron chi connectivity index (χ4n) is 4.39. The Morgan fingerprint density at radius 3 is 1.07 bits per heavy atom. The number of carbonyl (C=O) groups excluding carboxylic acids is 2. The van der Waals surface area contributed by atoms with E-state index in [0.717, 1.165) is 64.2 Å². The molecule has 0 amide bonds. The van der Waals surface area contributed by atoms with E-state index >= 15 is 0 Å². The van der Waals surface area contributed by atoms with Gasteiger partial charge in [0, 0.05) is 12.8 Å². The number of hydrogen-bond donors (Lipinski definition) is 0. The van der Waals surface area contributed by atoms with Crippen molar-refractivity contribution in [2.75, 3.05) is 0 Å². The predicted octanol–water partition coefficient (Wildman–Crippen LogP) is 11.0. The molecule has 0 unspecified atom stereocenters. The molecule has 0 radical (unpaired) electrons. The van der Waals surface area contributed by atoms with E-state index in [0.29, 0.717) is 12.8 Å². The zero-order valence-corrected chi connectivity index (χ0v) is 25.8. The van der Waals surface area contributed by atoms with Crippen LogP contribution in [-0.4, -0.2) is 41.5 Å². The van der Waals surface area contributed by atoms with Crippen LogP contribution in [0.1, 0.15) is 168 Å². The van der Waals surface area contributed by atoms with Gasteiger partial charge in [-0.1, -0.05) is 127 Å². The van der Waals surface area contributed by atoms with Gasteiger partial charge in [0.25, 0.3) is 0 Å². The van der Waals surface area contributed by atoms with Gasteiger partial charge in [0.15, 0.2) is 0 Å². The second-order valence-electron chi connectivity index (χ2n) is 10.8. The van der Waals surface area contributed by atoms with Gasteiger partial charge in [-0.3, -0.25) is 9.59 Å². The normalized spacial score (nSPS) is 11.8. The van der Waals surface area contributed by atoms with Crippen molar-refractivity contribution in [2.24, 2.45) is 0 Å². The van der Waals surface area contributed by atoms with Gasteiger partial charge in [-0.25, -0.2) is 0 Å². The summed E-state index contributed by atoms with van der Waals surface area (Å²) in [7, 11) is 0. The Labute approximate surface area is 271 Å². The first kappa shape index (κ1) is 41.2. The van der Waals surface area contributed by atoms with Crippen molar-refractivity contribution in [3.05, 3.63) is 48.6 Å². The van der Waals surface area contributed by atoms with E-state index < -0.39 is 0 Å². The first-order valence-corrected chi connectivity index (χ1v) is 16.5. The molecule has 0 aromatic carbocycles. The molecule has 0 saturated carbocycles. The van der Waals surface area contributed by atoms with Crippen molar-refractivity contribution in [3.8, 4) is 0 Å². The fraction of sp³-hybridized carbons (Fsp3) is 0.722. The van der Waals surface area contributed by atoms with Crippen molar-refractivity contribution >= 4 is 41.5 Å². The Morgan fingerprint density at radius 2 is 0.725 bits per heavy atom. The van der Waals surface area contributed by atoms with Crippen LogP contribution in [0.4, 0.5) is 0 Å². The predicted molar refractivity (Wildman–Crippen MR) is 177 cm³/mol. The standard InChI is InChI=1S/C36H62O3.Na.H/c1-3-5-7-9-11-13-15-17-19-21-23-25-27-29-31-33-35(37)39-36(38)34-32-30-28-26-24-22-20-18-16-14-12-10-8-6-4-2;;/h11-14,17-20H,3-10,15-16,21-34H2,1-2H3;;/b13-11-,14-12-,19-17-,20-18-;;. The topological polar surface area (TPSA) is 43.4 Å².